The Bertz CT molecular complexity index is 1170. The highest BCUT2D eigenvalue weighted by atomic mass is 79.9. The lowest BCUT2D eigenvalue weighted by Crippen LogP contribution is -2.31. The Labute approximate surface area is 193 Å². The van der Waals surface area contributed by atoms with Crippen molar-refractivity contribution >= 4 is 33.4 Å². The van der Waals surface area contributed by atoms with E-state index in [1.54, 1.807) is 36.7 Å². The molecule has 2 N–H and O–H groups in total. The lowest BCUT2D eigenvalue weighted by atomic mass is 9.95. The number of aliphatic hydroxyl groups excluding tert-OH is 1. The van der Waals surface area contributed by atoms with Gasteiger partial charge in [0, 0.05) is 35.4 Å². The van der Waals surface area contributed by atoms with Gasteiger partial charge in [-0.1, -0.05) is 46.3 Å². The Hall–Kier alpha value is -3.39. The van der Waals surface area contributed by atoms with Crippen molar-refractivity contribution in [3.63, 3.8) is 0 Å². The number of likely N-dealkylation sites (tertiary alicyclic amines) is 1. The number of imidazole rings is 1. The van der Waals surface area contributed by atoms with Gasteiger partial charge in [0.1, 0.15) is 17.3 Å². The quantitative estimate of drug-likeness (QED) is 0.290. The van der Waals surface area contributed by atoms with Gasteiger partial charge in [-0.25, -0.2) is 4.98 Å². The number of rotatable bonds is 7. The standard InChI is InChI=1S/C24H22BrN3O4/c1-32-16-7-4-6-15(14-16)22(29)20-21(17-8-2-3-9-18(17)25)28(24(31)23(20)30)13-5-10-19-26-11-12-27-19/h2-4,6-9,11-12,14,21,29H,5,10,13H2,1H3,(H,26,27)/b22-20+. The number of Topliss-reactive ketones (excluding diaryl/α,β-unsaturated/α-hetero) is 1. The lowest BCUT2D eigenvalue weighted by molar-refractivity contribution is -0.139. The maximum Gasteiger partial charge on any atom is 0.295 e. The first-order chi connectivity index (χ1) is 15.5. The van der Waals surface area contributed by atoms with E-state index < -0.39 is 17.7 Å². The first kappa shape index (κ1) is 21.8. The molecule has 1 aliphatic heterocycles. The Morgan fingerprint density at radius 2 is 2.03 bits per heavy atom. The van der Waals surface area contributed by atoms with E-state index in [0.717, 1.165) is 15.9 Å². The first-order valence-corrected chi connectivity index (χ1v) is 11.0. The number of aromatic nitrogens is 2. The van der Waals surface area contributed by atoms with Crippen LogP contribution >= 0.6 is 15.9 Å². The summed E-state index contributed by atoms with van der Waals surface area (Å²) in [4.78, 5) is 34.9. The maximum absolute atomic E-state index is 13.1. The van der Waals surface area contributed by atoms with Crippen LogP contribution in [0.4, 0.5) is 0 Å². The monoisotopic (exact) mass is 495 g/mol. The number of ether oxygens (including phenoxy) is 1. The number of nitrogens with one attached hydrogen (secondary N) is 1. The van der Waals surface area contributed by atoms with Crippen molar-refractivity contribution in [3.8, 4) is 5.75 Å². The molecule has 4 rings (SSSR count). The zero-order valence-electron chi connectivity index (χ0n) is 17.4. The van der Waals surface area contributed by atoms with E-state index in [-0.39, 0.29) is 11.3 Å². The van der Waals surface area contributed by atoms with Crippen molar-refractivity contribution in [3.05, 3.63) is 87.9 Å². The molecule has 2 heterocycles. The smallest absolute Gasteiger partial charge is 0.295 e. The van der Waals surface area contributed by atoms with Crippen molar-refractivity contribution in [2.24, 2.45) is 0 Å². The number of amides is 1. The molecule has 1 atom stereocenters. The second kappa shape index (κ2) is 9.40. The van der Waals surface area contributed by atoms with Gasteiger partial charge in [0.2, 0.25) is 0 Å². The Morgan fingerprint density at radius 1 is 1.22 bits per heavy atom. The van der Waals surface area contributed by atoms with E-state index >= 15 is 0 Å². The lowest BCUT2D eigenvalue weighted by Gasteiger charge is -2.26. The van der Waals surface area contributed by atoms with Crippen LogP contribution in [0.2, 0.25) is 0 Å². The molecule has 0 saturated carbocycles. The predicted octanol–water partition coefficient (Wildman–Crippen LogP) is 4.24. The van der Waals surface area contributed by atoms with Crippen LogP contribution in [0.25, 0.3) is 5.76 Å². The highest BCUT2D eigenvalue weighted by Gasteiger charge is 2.46. The third kappa shape index (κ3) is 4.18. The van der Waals surface area contributed by atoms with Crippen LogP contribution in [-0.4, -0.2) is 45.3 Å². The third-order valence-corrected chi connectivity index (χ3v) is 6.17. The highest BCUT2D eigenvalue weighted by Crippen LogP contribution is 2.42. The number of aromatic amines is 1. The van der Waals surface area contributed by atoms with Crippen LogP contribution < -0.4 is 4.74 Å². The molecule has 1 saturated heterocycles. The summed E-state index contributed by atoms with van der Waals surface area (Å²) in [7, 11) is 1.53. The molecular formula is C24H22BrN3O4. The van der Waals surface area contributed by atoms with Crippen molar-refractivity contribution in [1.82, 2.24) is 14.9 Å². The molecule has 0 radical (unpaired) electrons. The van der Waals surface area contributed by atoms with E-state index in [2.05, 4.69) is 25.9 Å². The Morgan fingerprint density at radius 3 is 2.75 bits per heavy atom. The topological polar surface area (TPSA) is 95.5 Å². The normalized spacial score (nSPS) is 17.7. The summed E-state index contributed by atoms with van der Waals surface area (Å²) in [6.45, 7) is 0.339. The van der Waals surface area contributed by atoms with Gasteiger partial charge in [0.15, 0.2) is 0 Å². The minimum atomic E-state index is -0.714. The molecule has 1 amide bonds. The number of carbonyl (C=O) groups excluding carboxylic acids is 2. The minimum absolute atomic E-state index is 0.0631. The number of hydrogen-bond acceptors (Lipinski definition) is 5. The van der Waals surface area contributed by atoms with E-state index in [1.165, 1.54) is 12.0 Å². The first-order valence-electron chi connectivity index (χ1n) is 10.2. The van der Waals surface area contributed by atoms with Crippen LogP contribution in [0.1, 0.15) is 29.4 Å². The van der Waals surface area contributed by atoms with Crippen LogP contribution in [-0.2, 0) is 16.0 Å². The SMILES string of the molecule is COc1cccc(/C(O)=C2\C(=O)C(=O)N(CCCc3ncc[nH]3)C2c2ccccc2Br)c1. The summed E-state index contributed by atoms with van der Waals surface area (Å²) >= 11 is 3.54. The van der Waals surface area contributed by atoms with E-state index in [9.17, 15) is 14.7 Å². The number of aliphatic hydroxyl groups is 1. The van der Waals surface area contributed by atoms with Crippen LogP contribution in [0.5, 0.6) is 5.75 Å². The summed E-state index contributed by atoms with van der Waals surface area (Å²) < 4.78 is 5.99. The van der Waals surface area contributed by atoms with Gasteiger partial charge < -0.3 is 19.7 Å². The van der Waals surface area contributed by atoms with Gasteiger partial charge in [-0.3, -0.25) is 9.59 Å². The van der Waals surface area contributed by atoms with E-state index in [0.29, 0.717) is 30.7 Å². The minimum Gasteiger partial charge on any atom is -0.507 e. The van der Waals surface area contributed by atoms with E-state index in [1.807, 2.05) is 24.3 Å². The number of H-pyrrole nitrogens is 1. The summed E-state index contributed by atoms with van der Waals surface area (Å²) in [5.74, 6) is -0.204. The number of benzene rings is 2. The highest BCUT2D eigenvalue weighted by molar-refractivity contribution is 9.10. The van der Waals surface area contributed by atoms with Crippen molar-refractivity contribution in [2.75, 3.05) is 13.7 Å². The summed E-state index contributed by atoms with van der Waals surface area (Å²) in [6.07, 6.45) is 4.67. The zero-order valence-corrected chi connectivity index (χ0v) is 19.0. The molecule has 1 aromatic heterocycles. The molecular weight excluding hydrogens is 474 g/mol. The van der Waals surface area contributed by atoms with Crippen LogP contribution in [0.3, 0.4) is 0 Å². The summed E-state index contributed by atoms with van der Waals surface area (Å²) in [5.41, 5.74) is 1.21. The molecule has 7 nitrogen and oxygen atoms in total. The summed E-state index contributed by atoms with van der Waals surface area (Å²) in [6, 6.07) is 13.5. The number of hydrogen-bond donors (Lipinski definition) is 2. The van der Waals surface area contributed by atoms with Gasteiger partial charge in [0.05, 0.1) is 18.7 Å². The number of carbonyl (C=O) groups is 2. The van der Waals surface area contributed by atoms with Crippen molar-refractivity contribution in [1.29, 1.82) is 0 Å². The third-order valence-electron chi connectivity index (χ3n) is 5.45. The van der Waals surface area contributed by atoms with Gasteiger partial charge in [-0.2, -0.15) is 0 Å². The molecule has 3 aromatic rings. The fourth-order valence-electron chi connectivity index (χ4n) is 3.91. The summed E-state index contributed by atoms with van der Waals surface area (Å²) in [5, 5.41) is 11.1. The van der Waals surface area contributed by atoms with Crippen LogP contribution in [0.15, 0.2) is 71.0 Å². The van der Waals surface area contributed by atoms with Gasteiger partial charge in [-0.15, -0.1) is 0 Å². The molecule has 2 aromatic carbocycles. The number of aryl methyl sites for hydroxylation is 1. The molecule has 32 heavy (non-hydrogen) atoms. The molecule has 164 valence electrons. The second-order valence-electron chi connectivity index (χ2n) is 7.39. The number of ketones is 1. The van der Waals surface area contributed by atoms with Crippen molar-refractivity contribution < 1.29 is 19.4 Å². The average molecular weight is 496 g/mol. The largest absolute Gasteiger partial charge is 0.507 e. The maximum atomic E-state index is 13.1. The molecule has 1 unspecified atom stereocenters. The second-order valence-corrected chi connectivity index (χ2v) is 8.24. The number of methoxy groups -OCH3 is 1. The fourth-order valence-corrected chi connectivity index (χ4v) is 4.41. The average Bonchev–Trinajstić information content (AvgIpc) is 3.41. The predicted molar refractivity (Wildman–Crippen MR) is 123 cm³/mol. The molecule has 0 aliphatic carbocycles. The molecule has 1 fully saturated rings. The molecule has 8 heteroatoms. The Balaban J connectivity index is 1.76. The van der Waals surface area contributed by atoms with Gasteiger partial charge in [0.25, 0.3) is 11.7 Å². The van der Waals surface area contributed by atoms with Gasteiger partial charge >= 0.3 is 0 Å². The van der Waals surface area contributed by atoms with Crippen molar-refractivity contribution in [2.45, 2.75) is 18.9 Å². The molecule has 0 spiro atoms. The fraction of sp³-hybridized carbons (Fsp3) is 0.208. The van der Waals surface area contributed by atoms with Gasteiger partial charge in [-0.05, 0) is 30.2 Å². The van der Waals surface area contributed by atoms with E-state index in [4.69, 9.17) is 4.74 Å². The van der Waals surface area contributed by atoms with Crippen LogP contribution in [0, 0.1) is 0 Å². The number of halogens is 1. The number of nitrogens with zero attached hydrogens (tertiary/aromatic N) is 2. The Kier molecular flexibility index (Phi) is 6.41. The molecule has 0 bridgehead atoms. The zero-order chi connectivity index (χ0) is 22.7. The molecule has 1 aliphatic rings.